The first-order chi connectivity index (χ1) is 10.2. The van der Waals surface area contributed by atoms with Crippen LogP contribution in [0.15, 0.2) is 0 Å². The monoisotopic (exact) mass is 296 g/mol. The maximum Gasteiger partial charge on any atom is 0.0788 e. The molecule has 0 saturated carbocycles. The molecule has 0 atom stereocenters. The SMILES string of the molecule is CCCCC[N+]1(CCCCC[N+]2(C)CCCC2)CCCC1. The Balaban J connectivity index is 1.61. The van der Waals surface area contributed by atoms with E-state index in [0.717, 1.165) is 0 Å². The van der Waals surface area contributed by atoms with Crippen molar-refractivity contribution in [2.24, 2.45) is 0 Å². The molecule has 21 heavy (non-hydrogen) atoms. The van der Waals surface area contributed by atoms with E-state index in [2.05, 4.69) is 14.0 Å². The molecule has 2 rings (SSSR count). The molecule has 2 nitrogen and oxygen atoms in total. The third-order valence-electron chi connectivity index (χ3n) is 6.23. The minimum Gasteiger partial charge on any atom is -0.326 e. The number of quaternary nitrogens is 2. The molecule has 2 heteroatoms. The molecule has 0 unspecified atom stereocenters. The lowest BCUT2D eigenvalue weighted by Gasteiger charge is -2.35. The Morgan fingerprint density at radius 3 is 1.76 bits per heavy atom. The first kappa shape index (κ1) is 17.3. The molecule has 0 aromatic heterocycles. The van der Waals surface area contributed by atoms with Crippen LogP contribution in [0.2, 0.25) is 0 Å². The summed E-state index contributed by atoms with van der Waals surface area (Å²) in [5.41, 5.74) is 0. The Kier molecular flexibility index (Phi) is 7.01. The molecule has 2 saturated heterocycles. The van der Waals surface area contributed by atoms with Gasteiger partial charge in [-0.2, -0.15) is 0 Å². The van der Waals surface area contributed by atoms with Gasteiger partial charge < -0.3 is 8.97 Å². The summed E-state index contributed by atoms with van der Waals surface area (Å²) < 4.78 is 2.85. The summed E-state index contributed by atoms with van der Waals surface area (Å²) in [7, 11) is 2.48. The van der Waals surface area contributed by atoms with Gasteiger partial charge in [0.1, 0.15) is 0 Å². The molecule has 2 heterocycles. The van der Waals surface area contributed by atoms with Crippen molar-refractivity contribution in [1.82, 2.24) is 0 Å². The molecule has 0 amide bonds. The van der Waals surface area contributed by atoms with Crippen LogP contribution in [-0.2, 0) is 0 Å². The third kappa shape index (κ3) is 5.56. The highest BCUT2D eigenvalue weighted by Crippen LogP contribution is 2.23. The lowest BCUT2D eigenvalue weighted by Crippen LogP contribution is -2.46. The van der Waals surface area contributed by atoms with Crippen molar-refractivity contribution >= 4 is 0 Å². The van der Waals surface area contributed by atoms with Gasteiger partial charge in [0, 0.05) is 25.7 Å². The van der Waals surface area contributed by atoms with E-state index >= 15 is 0 Å². The van der Waals surface area contributed by atoms with Gasteiger partial charge in [-0.1, -0.05) is 13.3 Å². The van der Waals surface area contributed by atoms with Gasteiger partial charge in [-0.3, -0.25) is 0 Å². The van der Waals surface area contributed by atoms with Crippen LogP contribution in [0, 0.1) is 0 Å². The molecule has 0 aromatic rings. The maximum absolute atomic E-state index is 2.48. The molecular weight excluding hydrogens is 256 g/mol. The molecule has 2 aliphatic rings. The molecule has 0 spiro atoms. The standard InChI is InChI=1S/C19H40N2/c1-3-4-6-16-21(18-11-12-19-21)17-8-5-7-13-20(2)14-9-10-15-20/h3-19H2,1-2H3/q+2. The van der Waals surface area contributed by atoms with E-state index in [-0.39, 0.29) is 0 Å². The predicted octanol–water partition coefficient (Wildman–Crippen LogP) is 4.20. The van der Waals surface area contributed by atoms with Gasteiger partial charge in [0.2, 0.25) is 0 Å². The summed E-state index contributed by atoms with van der Waals surface area (Å²) in [6.45, 7) is 12.6. The van der Waals surface area contributed by atoms with Crippen molar-refractivity contribution in [1.29, 1.82) is 0 Å². The second-order valence-electron chi connectivity index (χ2n) is 8.21. The lowest BCUT2D eigenvalue weighted by molar-refractivity contribution is -0.917. The summed E-state index contributed by atoms with van der Waals surface area (Å²) >= 11 is 0. The number of rotatable bonds is 10. The van der Waals surface area contributed by atoms with E-state index in [1.807, 2.05) is 0 Å². The Morgan fingerprint density at radius 1 is 0.619 bits per heavy atom. The first-order valence-corrected chi connectivity index (χ1v) is 9.87. The van der Waals surface area contributed by atoms with E-state index in [4.69, 9.17) is 0 Å². The number of unbranched alkanes of at least 4 members (excludes halogenated alkanes) is 4. The van der Waals surface area contributed by atoms with Gasteiger partial charge in [-0.05, 0) is 32.1 Å². The molecule has 0 radical (unpaired) electrons. The molecule has 0 aliphatic carbocycles. The van der Waals surface area contributed by atoms with Crippen LogP contribution >= 0.6 is 0 Å². The number of hydrogen-bond acceptors (Lipinski definition) is 0. The first-order valence-electron chi connectivity index (χ1n) is 9.87. The fraction of sp³-hybridized carbons (Fsp3) is 1.00. The summed E-state index contributed by atoms with van der Waals surface area (Å²) in [5, 5.41) is 0. The molecule has 0 N–H and O–H groups in total. The summed E-state index contributed by atoms with van der Waals surface area (Å²) in [5.74, 6) is 0. The number of hydrogen-bond donors (Lipinski definition) is 0. The van der Waals surface area contributed by atoms with Crippen molar-refractivity contribution in [2.75, 3.05) is 52.9 Å². The minimum atomic E-state index is 1.37. The van der Waals surface area contributed by atoms with Crippen molar-refractivity contribution in [3.8, 4) is 0 Å². The average Bonchev–Trinajstić information content (AvgIpc) is 3.09. The molecule has 2 aliphatic heterocycles. The molecule has 124 valence electrons. The van der Waals surface area contributed by atoms with Gasteiger partial charge >= 0.3 is 0 Å². The van der Waals surface area contributed by atoms with Gasteiger partial charge in [-0.15, -0.1) is 0 Å². The van der Waals surface area contributed by atoms with E-state index < -0.39 is 0 Å². The van der Waals surface area contributed by atoms with Crippen LogP contribution in [-0.4, -0.2) is 61.8 Å². The summed E-state index contributed by atoms with van der Waals surface area (Å²) in [4.78, 5) is 0. The third-order valence-corrected chi connectivity index (χ3v) is 6.23. The average molecular weight is 297 g/mol. The maximum atomic E-state index is 2.48. The van der Waals surface area contributed by atoms with E-state index in [1.54, 1.807) is 0 Å². The highest BCUT2D eigenvalue weighted by atomic mass is 15.4. The largest absolute Gasteiger partial charge is 0.326 e. The Labute approximate surface area is 133 Å². The van der Waals surface area contributed by atoms with E-state index in [9.17, 15) is 0 Å². The van der Waals surface area contributed by atoms with Gasteiger partial charge in [0.25, 0.3) is 0 Å². The van der Waals surface area contributed by atoms with Crippen LogP contribution in [0.1, 0.15) is 71.1 Å². The number of nitrogens with zero attached hydrogens (tertiary/aromatic N) is 2. The summed E-state index contributed by atoms with van der Waals surface area (Å²) in [6, 6.07) is 0. The van der Waals surface area contributed by atoms with Crippen LogP contribution in [0.25, 0.3) is 0 Å². The lowest BCUT2D eigenvalue weighted by atomic mass is 10.1. The molecule has 0 aromatic carbocycles. The minimum absolute atomic E-state index is 1.37. The fourth-order valence-corrected chi connectivity index (χ4v) is 4.70. The van der Waals surface area contributed by atoms with Gasteiger partial charge in [-0.25, -0.2) is 0 Å². The van der Waals surface area contributed by atoms with Gasteiger partial charge in [0.05, 0.1) is 52.9 Å². The smallest absolute Gasteiger partial charge is 0.0788 e. The van der Waals surface area contributed by atoms with Crippen molar-refractivity contribution in [2.45, 2.75) is 71.1 Å². The Bertz CT molecular complexity index is 275. The zero-order chi connectivity index (χ0) is 15.0. The molecular formula is C19H40N2+2. The van der Waals surface area contributed by atoms with Crippen molar-refractivity contribution in [3.05, 3.63) is 0 Å². The normalized spacial score (nSPS) is 23.7. The van der Waals surface area contributed by atoms with Crippen LogP contribution in [0.5, 0.6) is 0 Å². The predicted molar refractivity (Wildman–Crippen MR) is 92.4 cm³/mol. The zero-order valence-electron chi connectivity index (χ0n) is 14.9. The number of likely N-dealkylation sites (tertiary alicyclic amines) is 2. The van der Waals surface area contributed by atoms with Crippen LogP contribution in [0.3, 0.4) is 0 Å². The highest BCUT2D eigenvalue weighted by molar-refractivity contribution is 4.57. The Hall–Kier alpha value is -0.0800. The highest BCUT2D eigenvalue weighted by Gasteiger charge is 2.31. The summed E-state index contributed by atoms with van der Waals surface area (Å²) in [6.07, 6.45) is 14.6. The second-order valence-corrected chi connectivity index (χ2v) is 8.21. The molecule has 0 bridgehead atoms. The quantitative estimate of drug-likeness (QED) is 0.419. The Morgan fingerprint density at radius 2 is 1.14 bits per heavy atom. The molecule has 2 fully saturated rings. The van der Waals surface area contributed by atoms with Crippen molar-refractivity contribution in [3.63, 3.8) is 0 Å². The van der Waals surface area contributed by atoms with E-state index in [1.165, 1.54) is 119 Å². The van der Waals surface area contributed by atoms with Crippen LogP contribution < -0.4 is 0 Å². The second kappa shape index (κ2) is 8.53. The van der Waals surface area contributed by atoms with E-state index in [0.29, 0.717) is 0 Å². The fourth-order valence-electron chi connectivity index (χ4n) is 4.70. The van der Waals surface area contributed by atoms with Gasteiger partial charge in [0.15, 0.2) is 0 Å². The van der Waals surface area contributed by atoms with Crippen LogP contribution in [0.4, 0.5) is 0 Å². The topological polar surface area (TPSA) is 0 Å². The van der Waals surface area contributed by atoms with Crippen molar-refractivity contribution < 1.29 is 8.97 Å². The zero-order valence-corrected chi connectivity index (χ0v) is 14.9.